The monoisotopic (exact) mass is 203 g/mol. The van der Waals surface area contributed by atoms with Gasteiger partial charge in [-0.25, -0.2) is 8.78 Å². The Morgan fingerprint density at radius 1 is 1.38 bits per heavy atom. The molecule has 0 aromatic heterocycles. The molecule has 0 saturated carbocycles. The predicted octanol–water partition coefficient (Wildman–Crippen LogP) is 2.28. The van der Waals surface area contributed by atoms with Crippen LogP contribution in [-0.2, 0) is 0 Å². The van der Waals surface area contributed by atoms with Gasteiger partial charge in [0.05, 0.1) is 0 Å². The van der Waals surface area contributed by atoms with Crippen molar-refractivity contribution in [2.24, 2.45) is 5.73 Å². The van der Waals surface area contributed by atoms with Gasteiger partial charge in [0.1, 0.15) is 11.6 Å². The third kappa shape index (κ3) is 2.67. The van der Waals surface area contributed by atoms with Gasteiger partial charge < -0.3 is 5.73 Å². The maximum atomic E-state index is 13.1. The SMILES string of the molecule is NC(CCS)c1cc(F)ccc1F. The number of hydrogen-bond donors (Lipinski definition) is 2. The Labute approximate surface area is 81.4 Å². The van der Waals surface area contributed by atoms with E-state index < -0.39 is 17.7 Å². The lowest BCUT2D eigenvalue weighted by atomic mass is 10.0. The standard InChI is InChI=1S/C9H11F2NS/c10-6-1-2-8(11)7(5-6)9(12)3-4-13/h1-2,5,9,13H,3-4,12H2. The molecule has 0 heterocycles. The summed E-state index contributed by atoms with van der Waals surface area (Å²) in [6.07, 6.45) is 0.531. The highest BCUT2D eigenvalue weighted by Crippen LogP contribution is 2.19. The fourth-order valence-corrected chi connectivity index (χ4v) is 1.37. The highest BCUT2D eigenvalue weighted by atomic mass is 32.1. The van der Waals surface area contributed by atoms with Gasteiger partial charge in [-0.05, 0) is 30.4 Å². The van der Waals surface area contributed by atoms with Crippen LogP contribution >= 0.6 is 12.6 Å². The predicted molar refractivity (Wildman–Crippen MR) is 51.8 cm³/mol. The average Bonchev–Trinajstić information content (AvgIpc) is 2.09. The molecule has 4 heteroatoms. The van der Waals surface area contributed by atoms with Crippen molar-refractivity contribution in [3.05, 3.63) is 35.4 Å². The number of nitrogens with two attached hydrogens (primary N) is 1. The van der Waals surface area contributed by atoms with Gasteiger partial charge >= 0.3 is 0 Å². The lowest BCUT2D eigenvalue weighted by Gasteiger charge is -2.11. The Balaban J connectivity index is 2.91. The van der Waals surface area contributed by atoms with E-state index in [1.807, 2.05) is 0 Å². The van der Waals surface area contributed by atoms with Crippen LogP contribution in [0.3, 0.4) is 0 Å². The minimum Gasteiger partial charge on any atom is -0.324 e. The van der Waals surface area contributed by atoms with E-state index in [2.05, 4.69) is 12.6 Å². The van der Waals surface area contributed by atoms with Gasteiger partial charge in [-0.2, -0.15) is 12.6 Å². The molecule has 72 valence electrons. The Bertz CT molecular complexity index is 291. The first kappa shape index (κ1) is 10.5. The van der Waals surface area contributed by atoms with Gasteiger partial charge in [0, 0.05) is 11.6 Å². The Hall–Kier alpha value is -0.610. The molecule has 1 unspecified atom stereocenters. The minimum absolute atomic E-state index is 0.217. The van der Waals surface area contributed by atoms with E-state index in [0.717, 1.165) is 18.2 Å². The van der Waals surface area contributed by atoms with Crippen LogP contribution in [0.1, 0.15) is 18.0 Å². The smallest absolute Gasteiger partial charge is 0.128 e. The van der Waals surface area contributed by atoms with Crippen LogP contribution in [0.5, 0.6) is 0 Å². The minimum atomic E-state index is -0.479. The van der Waals surface area contributed by atoms with E-state index in [-0.39, 0.29) is 5.56 Å². The zero-order valence-electron chi connectivity index (χ0n) is 7.00. The highest BCUT2D eigenvalue weighted by Gasteiger charge is 2.11. The van der Waals surface area contributed by atoms with Crippen LogP contribution < -0.4 is 5.73 Å². The molecule has 1 aromatic rings. The molecular weight excluding hydrogens is 192 g/mol. The lowest BCUT2D eigenvalue weighted by molar-refractivity contribution is 0.558. The fraction of sp³-hybridized carbons (Fsp3) is 0.333. The number of benzene rings is 1. The first-order chi connectivity index (χ1) is 6.15. The molecule has 1 atom stereocenters. The first-order valence-electron chi connectivity index (χ1n) is 3.96. The van der Waals surface area contributed by atoms with Crippen molar-refractivity contribution in [3.8, 4) is 0 Å². The fourth-order valence-electron chi connectivity index (χ4n) is 1.09. The van der Waals surface area contributed by atoms with Gasteiger partial charge in [0.15, 0.2) is 0 Å². The van der Waals surface area contributed by atoms with Crippen LogP contribution in [0.2, 0.25) is 0 Å². The second kappa shape index (κ2) is 4.58. The average molecular weight is 203 g/mol. The summed E-state index contributed by atoms with van der Waals surface area (Å²) in [6.45, 7) is 0. The third-order valence-corrected chi connectivity index (χ3v) is 2.06. The summed E-state index contributed by atoms with van der Waals surface area (Å²) >= 11 is 3.97. The molecule has 0 aliphatic heterocycles. The van der Waals surface area contributed by atoms with Crippen LogP contribution in [-0.4, -0.2) is 5.75 Å². The van der Waals surface area contributed by atoms with Crippen LogP contribution in [0, 0.1) is 11.6 Å². The van der Waals surface area contributed by atoms with Crippen molar-refractivity contribution in [1.29, 1.82) is 0 Å². The molecule has 0 aliphatic carbocycles. The normalized spacial score (nSPS) is 12.9. The molecule has 13 heavy (non-hydrogen) atoms. The first-order valence-corrected chi connectivity index (χ1v) is 4.59. The molecule has 0 bridgehead atoms. The quantitative estimate of drug-likeness (QED) is 0.724. The van der Waals surface area contributed by atoms with Crippen molar-refractivity contribution in [2.45, 2.75) is 12.5 Å². The number of halogens is 2. The maximum Gasteiger partial charge on any atom is 0.128 e. The van der Waals surface area contributed by atoms with E-state index in [4.69, 9.17) is 5.73 Å². The number of hydrogen-bond acceptors (Lipinski definition) is 2. The molecule has 1 nitrogen and oxygen atoms in total. The summed E-state index contributed by atoms with van der Waals surface area (Å²) in [6, 6.07) is 2.81. The van der Waals surface area contributed by atoms with Crippen molar-refractivity contribution >= 4 is 12.6 Å². The Morgan fingerprint density at radius 3 is 2.69 bits per heavy atom. The summed E-state index contributed by atoms with van der Waals surface area (Å²) in [4.78, 5) is 0. The van der Waals surface area contributed by atoms with Gasteiger partial charge in [0.25, 0.3) is 0 Å². The lowest BCUT2D eigenvalue weighted by Crippen LogP contribution is -2.12. The van der Waals surface area contributed by atoms with Gasteiger partial charge in [0.2, 0.25) is 0 Å². The zero-order valence-corrected chi connectivity index (χ0v) is 7.90. The molecule has 0 aliphatic rings. The Kier molecular flexibility index (Phi) is 3.69. The second-order valence-electron chi connectivity index (χ2n) is 2.78. The summed E-state index contributed by atoms with van der Waals surface area (Å²) in [7, 11) is 0. The third-order valence-electron chi connectivity index (χ3n) is 1.80. The van der Waals surface area contributed by atoms with E-state index in [1.165, 1.54) is 0 Å². The van der Waals surface area contributed by atoms with Gasteiger partial charge in [-0.3, -0.25) is 0 Å². The Morgan fingerprint density at radius 2 is 2.08 bits per heavy atom. The second-order valence-corrected chi connectivity index (χ2v) is 3.23. The van der Waals surface area contributed by atoms with Gasteiger partial charge in [-0.15, -0.1) is 0 Å². The topological polar surface area (TPSA) is 26.0 Å². The summed E-state index contributed by atoms with van der Waals surface area (Å²) in [5, 5.41) is 0. The maximum absolute atomic E-state index is 13.1. The van der Waals surface area contributed by atoms with Crippen LogP contribution in [0.4, 0.5) is 8.78 Å². The summed E-state index contributed by atoms with van der Waals surface area (Å²) < 4.78 is 25.8. The van der Waals surface area contributed by atoms with Crippen molar-refractivity contribution in [2.75, 3.05) is 5.75 Å². The van der Waals surface area contributed by atoms with Crippen molar-refractivity contribution in [3.63, 3.8) is 0 Å². The number of thiol groups is 1. The highest BCUT2D eigenvalue weighted by molar-refractivity contribution is 7.80. The molecule has 0 spiro atoms. The van der Waals surface area contributed by atoms with E-state index in [9.17, 15) is 8.78 Å². The van der Waals surface area contributed by atoms with E-state index in [1.54, 1.807) is 0 Å². The van der Waals surface area contributed by atoms with E-state index >= 15 is 0 Å². The summed E-state index contributed by atoms with van der Waals surface area (Å²) in [5.74, 6) is -0.376. The van der Waals surface area contributed by atoms with Crippen LogP contribution in [0.25, 0.3) is 0 Å². The van der Waals surface area contributed by atoms with Crippen LogP contribution in [0.15, 0.2) is 18.2 Å². The molecule has 0 radical (unpaired) electrons. The molecule has 0 fully saturated rings. The molecule has 2 N–H and O–H groups in total. The van der Waals surface area contributed by atoms with Gasteiger partial charge in [-0.1, -0.05) is 0 Å². The molecule has 1 aromatic carbocycles. The van der Waals surface area contributed by atoms with Crippen molar-refractivity contribution < 1.29 is 8.78 Å². The molecule has 0 saturated heterocycles. The molecular formula is C9H11F2NS. The molecule has 0 amide bonds. The van der Waals surface area contributed by atoms with E-state index in [0.29, 0.717) is 12.2 Å². The van der Waals surface area contributed by atoms with Crippen molar-refractivity contribution in [1.82, 2.24) is 0 Å². The summed E-state index contributed by atoms with van der Waals surface area (Å²) in [5.41, 5.74) is 5.84. The number of rotatable bonds is 3. The zero-order chi connectivity index (χ0) is 9.84. The largest absolute Gasteiger partial charge is 0.324 e. The molecule has 1 rings (SSSR count).